The summed E-state index contributed by atoms with van der Waals surface area (Å²) in [5.41, 5.74) is 8.99. The number of hydrogen-bond acceptors (Lipinski definition) is 4. The lowest BCUT2D eigenvalue weighted by atomic mass is 9.49. The second kappa shape index (κ2) is 17.7. The zero-order chi connectivity index (χ0) is 39.2. The third kappa shape index (κ3) is 8.33. The quantitative estimate of drug-likeness (QED) is 0.102. The smallest absolute Gasteiger partial charge is 0.161 e. The minimum absolute atomic E-state index is 0.430. The second-order valence-electron chi connectivity index (χ2n) is 17.0. The Bertz CT molecular complexity index is 1720. The molecule has 0 spiro atoms. The lowest BCUT2D eigenvalue weighted by Crippen LogP contribution is -2.49. The molecule has 1 aliphatic carbocycles. The molecule has 6 unspecified atom stereocenters. The first-order valence-corrected chi connectivity index (χ1v) is 20.8. The van der Waals surface area contributed by atoms with Crippen LogP contribution in [0.1, 0.15) is 128 Å². The van der Waals surface area contributed by atoms with Crippen LogP contribution in [0.4, 0.5) is 0 Å². The molecule has 0 heterocycles. The highest BCUT2D eigenvalue weighted by molar-refractivity contribution is 5.82. The highest BCUT2D eigenvalue weighted by Gasteiger charge is 2.54. The van der Waals surface area contributed by atoms with Crippen LogP contribution in [-0.2, 0) is 10.8 Å². The Morgan fingerprint density at radius 1 is 0.426 bits per heavy atom. The van der Waals surface area contributed by atoms with Crippen molar-refractivity contribution in [3.63, 3.8) is 0 Å². The van der Waals surface area contributed by atoms with Crippen molar-refractivity contribution >= 4 is 0 Å². The molecule has 292 valence electrons. The van der Waals surface area contributed by atoms with Crippen LogP contribution in [0.25, 0.3) is 11.1 Å². The van der Waals surface area contributed by atoms with Crippen LogP contribution in [0.15, 0.2) is 72.8 Å². The van der Waals surface area contributed by atoms with Crippen molar-refractivity contribution in [3.05, 3.63) is 106 Å². The highest BCUT2D eigenvalue weighted by Crippen LogP contribution is 2.61. The molecule has 6 atom stereocenters. The third-order valence-corrected chi connectivity index (χ3v) is 12.6. The summed E-state index contributed by atoms with van der Waals surface area (Å²) in [6.45, 7) is 29.7. The first-order chi connectivity index (χ1) is 25.8. The summed E-state index contributed by atoms with van der Waals surface area (Å²) in [5.74, 6) is 5.02. The molecule has 0 saturated carbocycles. The van der Waals surface area contributed by atoms with Gasteiger partial charge in [0.1, 0.15) is 0 Å². The summed E-state index contributed by atoms with van der Waals surface area (Å²) in [7, 11) is 0. The number of fused-ring (bicyclic) bond motifs is 3. The first-order valence-electron chi connectivity index (χ1n) is 20.8. The molecule has 0 aromatic heterocycles. The molecule has 1 aliphatic rings. The second-order valence-corrected chi connectivity index (χ2v) is 17.0. The van der Waals surface area contributed by atoms with E-state index in [4.69, 9.17) is 18.9 Å². The van der Waals surface area contributed by atoms with Gasteiger partial charge in [0.25, 0.3) is 0 Å². The summed E-state index contributed by atoms with van der Waals surface area (Å²) < 4.78 is 26.4. The predicted octanol–water partition coefficient (Wildman–Crippen LogP) is 13.3. The predicted molar refractivity (Wildman–Crippen MR) is 227 cm³/mol. The molecule has 0 fully saturated rings. The van der Waals surface area contributed by atoms with E-state index in [1.165, 1.54) is 44.5 Å². The Morgan fingerprint density at radius 3 is 1.06 bits per heavy atom. The number of rotatable bonds is 18. The maximum atomic E-state index is 6.70. The van der Waals surface area contributed by atoms with E-state index in [0.29, 0.717) is 50.1 Å². The van der Waals surface area contributed by atoms with Crippen molar-refractivity contribution in [2.24, 2.45) is 23.7 Å². The Balaban J connectivity index is 1.79. The van der Waals surface area contributed by atoms with Gasteiger partial charge in [-0.15, -0.1) is 0 Å². The maximum Gasteiger partial charge on any atom is 0.161 e. The standard InChI is InChI=1S/C50H68O4/c1-13-33(5)29-51-45-23-19-39(27-47(45)53-31-35(7)15-3)49(11)43-25-37(9)17-21-41(43)42-22-18-38(10)26-44(42)50(49,12)40-20-24-46(52-30-34(6)14-2)48(28-40)54-32-36(8)16-4/h17-28,33-36H,13-16,29-32H2,1-12H3. The minimum Gasteiger partial charge on any atom is -0.489 e. The van der Waals surface area contributed by atoms with Crippen LogP contribution in [-0.4, -0.2) is 26.4 Å². The van der Waals surface area contributed by atoms with Crippen LogP contribution >= 0.6 is 0 Å². The van der Waals surface area contributed by atoms with Gasteiger partial charge in [0.05, 0.1) is 26.4 Å². The van der Waals surface area contributed by atoms with Crippen LogP contribution < -0.4 is 18.9 Å². The number of hydrogen-bond donors (Lipinski definition) is 0. The van der Waals surface area contributed by atoms with Gasteiger partial charge in [-0.25, -0.2) is 0 Å². The summed E-state index contributed by atoms with van der Waals surface area (Å²) in [6.07, 6.45) is 4.24. The molecule has 54 heavy (non-hydrogen) atoms. The molecule has 0 bridgehead atoms. The number of ether oxygens (including phenoxy) is 4. The topological polar surface area (TPSA) is 36.9 Å². The molecule has 4 nitrogen and oxygen atoms in total. The normalized spacial score (nSPS) is 19.9. The lowest BCUT2D eigenvalue weighted by molar-refractivity contribution is 0.216. The van der Waals surface area contributed by atoms with Crippen molar-refractivity contribution < 1.29 is 18.9 Å². The van der Waals surface area contributed by atoms with Crippen molar-refractivity contribution in [2.75, 3.05) is 26.4 Å². The summed E-state index contributed by atoms with van der Waals surface area (Å²) >= 11 is 0. The Morgan fingerprint density at radius 2 is 0.741 bits per heavy atom. The van der Waals surface area contributed by atoms with Gasteiger partial charge in [0.2, 0.25) is 0 Å². The fourth-order valence-electron chi connectivity index (χ4n) is 7.54. The van der Waals surface area contributed by atoms with Gasteiger partial charge < -0.3 is 18.9 Å². The van der Waals surface area contributed by atoms with Crippen molar-refractivity contribution in [3.8, 4) is 34.1 Å². The Labute approximate surface area is 328 Å². The number of benzene rings is 4. The van der Waals surface area contributed by atoms with Crippen LogP contribution in [0.3, 0.4) is 0 Å². The molecular weight excluding hydrogens is 665 g/mol. The van der Waals surface area contributed by atoms with E-state index in [0.717, 1.165) is 48.7 Å². The van der Waals surface area contributed by atoms with Crippen LogP contribution in [0.2, 0.25) is 0 Å². The van der Waals surface area contributed by atoms with Crippen molar-refractivity contribution in [2.45, 2.75) is 120 Å². The molecular formula is C50H68O4. The summed E-state index contributed by atoms with van der Waals surface area (Å²) in [5, 5.41) is 0. The highest BCUT2D eigenvalue weighted by atomic mass is 16.5. The Hall–Kier alpha value is -3.92. The van der Waals surface area contributed by atoms with E-state index in [9.17, 15) is 0 Å². The monoisotopic (exact) mass is 733 g/mol. The van der Waals surface area contributed by atoms with Gasteiger partial charge in [-0.05, 0) is 95.2 Å². The zero-order valence-electron chi connectivity index (χ0n) is 35.5. The maximum absolute atomic E-state index is 6.70. The zero-order valence-corrected chi connectivity index (χ0v) is 35.5. The fraction of sp³-hybridized carbons (Fsp3) is 0.520. The average molecular weight is 733 g/mol. The molecule has 0 saturated heterocycles. The molecule has 0 amide bonds. The fourth-order valence-corrected chi connectivity index (χ4v) is 7.54. The molecule has 0 radical (unpaired) electrons. The minimum atomic E-state index is -0.522. The van der Waals surface area contributed by atoms with Crippen LogP contribution in [0, 0.1) is 37.5 Å². The van der Waals surface area contributed by atoms with Gasteiger partial charge in [-0.3, -0.25) is 0 Å². The van der Waals surface area contributed by atoms with Gasteiger partial charge in [-0.1, -0.05) is 155 Å². The summed E-state index contributed by atoms with van der Waals surface area (Å²) in [6, 6.07) is 27.4. The van der Waals surface area contributed by atoms with E-state index in [1.807, 2.05) is 0 Å². The Kier molecular flexibility index (Phi) is 13.5. The third-order valence-electron chi connectivity index (χ3n) is 12.6. The van der Waals surface area contributed by atoms with Gasteiger partial charge in [-0.2, -0.15) is 0 Å². The van der Waals surface area contributed by atoms with E-state index < -0.39 is 10.8 Å². The van der Waals surface area contributed by atoms with Gasteiger partial charge in [0, 0.05) is 10.8 Å². The van der Waals surface area contributed by atoms with E-state index in [2.05, 4.69) is 156 Å². The largest absolute Gasteiger partial charge is 0.489 e. The molecule has 4 heteroatoms. The van der Waals surface area contributed by atoms with E-state index in [1.54, 1.807) is 0 Å². The lowest BCUT2D eigenvalue weighted by Gasteiger charge is -2.53. The van der Waals surface area contributed by atoms with E-state index >= 15 is 0 Å². The van der Waals surface area contributed by atoms with Crippen molar-refractivity contribution in [1.82, 2.24) is 0 Å². The van der Waals surface area contributed by atoms with Gasteiger partial charge >= 0.3 is 0 Å². The van der Waals surface area contributed by atoms with Crippen LogP contribution in [0.5, 0.6) is 23.0 Å². The SMILES string of the molecule is CCC(C)COc1ccc(C2(C)c3cc(C)ccc3-c3ccc(C)cc3C2(C)c2ccc(OCC(C)CC)c(OCC(C)CC)c2)cc1OCC(C)CC. The molecule has 4 aromatic carbocycles. The first kappa shape index (κ1) is 41.2. The average Bonchev–Trinajstić information content (AvgIpc) is 3.19. The number of aryl methyl sites for hydroxylation is 2. The van der Waals surface area contributed by atoms with E-state index in [-0.39, 0.29) is 0 Å². The molecule has 0 N–H and O–H groups in total. The van der Waals surface area contributed by atoms with Crippen molar-refractivity contribution in [1.29, 1.82) is 0 Å². The molecule has 4 aromatic rings. The summed E-state index contributed by atoms with van der Waals surface area (Å²) in [4.78, 5) is 0. The molecule has 0 aliphatic heterocycles. The van der Waals surface area contributed by atoms with Gasteiger partial charge in [0.15, 0.2) is 23.0 Å². The molecule has 5 rings (SSSR count).